The van der Waals surface area contributed by atoms with Crippen LogP contribution in [0.1, 0.15) is 31.9 Å². The lowest BCUT2D eigenvalue weighted by atomic mass is 9.74. The maximum absolute atomic E-state index is 12.8. The molecule has 1 aromatic heterocycles. The highest BCUT2D eigenvalue weighted by molar-refractivity contribution is 5.43. The van der Waals surface area contributed by atoms with Gasteiger partial charge in [-0.05, 0) is 43.7 Å². The lowest BCUT2D eigenvalue weighted by Gasteiger charge is -2.39. The third kappa shape index (κ3) is 2.61. The van der Waals surface area contributed by atoms with Crippen LogP contribution >= 0.6 is 0 Å². The number of aromatic nitrogens is 1. The SMILES string of the molecule is CC1N(c2cccc(C(F)(F)F)n2)CCC12CCOCC2. The van der Waals surface area contributed by atoms with E-state index in [4.69, 9.17) is 4.74 Å². The van der Waals surface area contributed by atoms with E-state index in [9.17, 15) is 13.2 Å². The van der Waals surface area contributed by atoms with Gasteiger partial charge in [0, 0.05) is 25.8 Å². The number of hydrogen-bond donors (Lipinski definition) is 0. The van der Waals surface area contributed by atoms with Crippen LogP contribution in [0.5, 0.6) is 0 Å². The Morgan fingerprint density at radius 1 is 1.24 bits per heavy atom. The maximum Gasteiger partial charge on any atom is 0.433 e. The molecule has 3 heterocycles. The predicted molar refractivity (Wildman–Crippen MR) is 73.2 cm³/mol. The third-order valence-corrected chi connectivity index (χ3v) is 5.01. The van der Waals surface area contributed by atoms with Crippen molar-refractivity contribution in [3.8, 4) is 0 Å². The second kappa shape index (κ2) is 5.16. The number of alkyl halides is 3. The molecular formula is C15H19F3N2O. The zero-order valence-electron chi connectivity index (χ0n) is 12.0. The van der Waals surface area contributed by atoms with Crippen LogP contribution in [0.4, 0.5) is 19.0 Å². The van der Waals surface area contributed by atoms with Crippen LogP contribution in [0.3, 0.4) is 0 Å². The smallest absolute Gasteiger partial charge is 0.381 e. The molecule has 2 aliphatic rings. The Bertz CT molecular complexity index is 512. The number of pyridine rings is 1. The molecule has 3 nitrogen and oxygen atoms in total. The molecule has 0 bridgehead atoms. The zero-order chi connectivity index (χ0) is 15.1. The van der Waals surface area contributed by atoms with Gasteiger partial charge in [0.15, 0.2) is 0 Å². The number of hydrogen-bond acceptors (Lipinski definition) is 3. The Morgan fingerprint density at radius 3 is 2.62 bits per heavy atom. The monoisotopic (exact) mass is 300 g/mol. The molecule has 21 heavy (non-hydrogen) atoms. The van der Waals surface area contributed by atoms with E-state index in [2.05, 4.69) is 11.9 Å². The van der Waals surface area contributed by atoms with Crippen LogP contribution in [-0.2, 0) is 10.9 Å². The van der Waals surface area contributed by atoms with Gasteiger partial charge in [-0.2, -0.15) is 13.2 Å². The van der Waals surface area contributed by atoms with Gasteiger partial charge < -0.3 is 9.64 Å². The summed E-state index contributed by atoms with van der Waals surface area (Å²) in [6.45, 7) is 4.35. The van der Waals surface area contributed by atoms with Crippen LogP contribution in [-0.4, -0.2) is 30.8 Å². The predicted octanol–water partition coefficient (Wildman–Crippen LogP) is 3.50. The van der Waals surface area contributed by atoms with Crippen LogP contribution in [0.2, 0.25) is 0 Å². The number of nitrogens with zero attached hydrogens (tertiary/aromatic N) is 2. The second-order valence-corrected chi connectivity index (χ2v) is 5.97. The van der Waals surface area contributed by atoms with E-state index in [0.717, 1.165) is 45.1 Å². The van der Waals surface area contributed by atoms with Crippen molar-refractivity contribution in [3.05, 3.63) is 23.9 Å². The molecule has 1 unspecified atom stereocenters. The summed E-state index contributed by atoms with van der Waals surface area (Å²) in [6, 6.07) is 4.32. The van der Waals surface area contributed by atoms with E-state index in [1.54, 1.807) is 6.07 Å². The fourth-order valence-electron chi connectivity index (χ4n) is 3.58. The molecule has 116 valence electrons. The van der Waals surface area contributed by atoms with Gasteiger partial charge in [-0.3, -0.25) is 0 Å². The summed E-state index contributed by atoms with van der Waals surface area (Å²) in [5.41, 5.74) is -0.658. The van der Waals surface area contributed by atoms with Gasteiger partial charge >= 0.3 is 6.18 Å². The first-order chi connectivity index (χ1) is 9.92. The summed E-state index contributed by atoms with van der Waals surface area (Å²) >= 11 is 0. The first-order valence-electron chi connectivity index (χ1n) is 7.31. The largest absolute Gasteiger partial charge is 0.433 e. The Labute approximate surface area is 122 Å². The number of ether oxygens (including phenoxy) is 1. The molecule has 2 aliphatic heterocycles. The zero-order valence-corrected chi connectivity index (χ0v) is 12.0. The number of anilines is 1. The highest BCUT2D eigenvalue weighted by Gasteiger charge is 2.46. The summed E-state index contributed by atoms with van der Waals surface area (Å²) in [6.07, 6.45) is -1.45. The second-order valence-electron chi connectivity index (χ2n) is 5.97. The molecule has 1 spiro atoms. The molecule has 0 radical (unpaired) electrons. The third-order valence-electron chi connectivity index (χ3n) is 5.01. The summed E-state index contributed by atoms with van der Waals surface area (Å²) in [7, 11) is 0. The van der Waals surface area contributed by atoms with Gasteiger partial charge in [-0.15, -0.1) is 0 Å². The molecule has 2 saturated heterocycles. The van der Waals surface area contributed by atoms with E-state index in [1.165, 1.54) is 6.07 Å². The summed E-state index contributed by atoms with van der Waals surface area (Å²) < 4.78 is 43.8. The van der Waals surface area contributed by atoms with Crippen molar-refractivity contribution in [2.45, 2.75) is 38.4 Å². The van der Waals surface area contributed by atoms with Gasteiger partial charge in [0.1, 0.15) is 11.5 Å². The summed E-state index contributed by atoms with van der Waals surface area (Å²) in [4.78, 5) is 5.84. The van der Waals surface area contributed by atoms with E-state index in [-0.39, 0.29) is 11.5 Å². The minimum atomic E-state index is -4.39. The number of halogens is 3. The van der Waals surface area contributed by atoms with Gasteiger partial charge in [0.25, 0.3) is 0 Å². The minimum Gasteiger partial charge on any atom is -0.381 e. The average Bonchev–Trinajstić information content (AvgIpc) is 2.76. The molecule has 0 N–H and O–H groups in total. The lowest BCUT2D eigenvalue weighted by molar-refractivity contribution is -0.141. The molecule has 2 fully saturated rings. The van der Waals surface area contributed by atoms with Crippen molar-refractivity contribution in [2.75, 3.05) is 24.7 Å². The summed E-state index contributed by atoms with van der Waals surface area (Å²) in [5, 5.41) is 0. The van der Waals surface area contributed by atoms with Crippen LogP contribution in [0, 0.1) is 5.41 Å². The molecule has 1 atom stereocenters. The van der Waals surface area contributed by atoms with Crippen LogP contribution in [0.15, 0.2) is 18.2 Å². The van der Waals surface area contributed by atoms with Gasteiger partial charge in [-0.1, -0.05) is 6.07 Å². The first-order valence-corrected chi connectivity index (χ1v) is 7.31. The van der Waals surface area contributed by atoms with Gasteiger partial charge in [-0.25, -0.2) is 4.98 Å². The van der Waals surface area contributed by atoms with Crippen molar-refractivity contribution < 1.29 is 17.9 Å². The van der Waals surface area contributed by atoms with E-state index in [0.29, 0.717) is 5.82 Å². The van der Waals surface area contributed by atoms with Gasteiger partial charge in [0.2, 0.25) is 0 Å². The maximum atomic E-state index is 12.8. The molecule has 1 aromatic rings. The topological polar surface area (TPSA) is 25.4 Å². The van der Waals surface area contributed by atoms with Crippen molar-refractivity contribution in [3.63, 3.8) is 0 Å². The Hall–Kier alpha value is -1.30. The molecular weight excluding hydrogens is 281 g/mol. The lowest BCUT2D eigenvalue weighted by Crippen LogP contribution is -2.41. The molecule has 3 rings (SSSR count). The first kappa shape index (κ1) is 14.6. The Kier molecular flexibility index (Phi) is 3.59. The molecule has 0 amide bonds. The molecule has 0 aromatic carbocycles. The normalized spacial score (nSPS) is 25.5. The van der Waals surface area contributed by atoms with E-state index in [1.807, 2.05) is 4.90 Å². The molecule has 0 aliphatic carbocycles. The van der Waals surface area contributed by atoms with Crippen LogP contribution < -0.4 is 4.90 Å². The van der Waals surface area contributed by atoms with E-state index < -0.39 is 11.9 Å². The van der Waals surface area contributed by atoms with Crippen molar-refractivity contribution >= 4 is 5.82 Å². The molecule has 6 heteroatoms. The van der Waals surface area contributed by atoms with Crippen LogP contribution in [0.25, 0.3) is 0 Å². The average molecular weight is 300 g/mol. The van der Waals surface area contributed by atoms with Gasteiger partial charge in [0.05, 0.1) is 0 Å². The minimum absolute atomic E-state index is 0.161. The van der Waals surface area contributed by atoms with Crippen molar-refractivity contribution in [1.29, 1.82) is 0 Å². The van der Waals surface area contributed by atoms with E-state index >= 15 is 0 Å². The highest BCUT2D eigenvalue weighted by Crippen LogP contribution is 2.46. The Balaban J connectivity index is 1.85. The fourth-order valence-corrected chi connectivity index (χ4v) is 3.58. The summed E-state index contributed by atoms with van der Waals surface area (Å²) in [5.74, 6) is 0.431. The van der Waals surface area contributed by atoms with Crippen molar-refractivity contribution in [2.24, 2.45) is 5.41 Å². The standard InChI is InChI=1S/C15H19F3N2O/c1-11-14(6-9-21-10-7-14)5-8-20(11)13-4-2-3-12(19-13)15(16,17)18/h2-4,11H,5-10H2,1H3. The highest BCUT2D eigenvalue weighted by atomic mass is 19.4. The quantitative estimate of drug-likeness (QED) is 0.794. The Morgan fingerprint density at radius 2 is 1.95 bits per heavy atom. The fraction of sp³-hybridized carbons (Fsp3) is 0.667. The molecule has 0 saturated carbocycles. The van der Waals surface area contributed by atoms with Crippen molar-refractivity contribution in [1.82, 2.24) is 4.98 Å². The number of rotatable bonds is 1.